The maximum absolute atomic E-state index is 12.6. The highest BCUT2D eigenvalue weighted by molar-refractivity contribution is 5.96. The van der Waals surface area contributed by atoms with E-state index in [0.29, 0.717) is 6.54 Å². The van der Waals surface area contributed by atoms with Crippen molar-refractivity contribution in [2.45, 2.75) is 32.5 Å². The van der Waals surface area contributed by atoms with Crippen LogP contribution in [0.15, 0.2) is 30.5 Å². The average Bonchev–Trinajstić information content (AvgIpc) is 3.52. The van der Waals surface area contributed by atoms with Gasteiger partial charge in [0.25, 0.3) is 12.3 Å². The standard InChI is InChI=1S/C18H18F5N3O3.C2H3NO/c1-10-7-12(5-6-24-10)11(2)25-16(27)13-3-4-15(29-9-18(21,22)23)26-17(13)28-8-14(19)20;4-2-1-3-2/h3-7,11,14H,8-9H2,1-2H3,(H,25,27);1H2,(H,3,4). The van der Waals surface area contributed by atoms with Crippen LogP contribution < -0.4 is 20.1 Å². The van der Waals surface area contributed by atoms with Gasteiger partial charge >= 0.3 is 6.18 Å². The normalized spacial score (nSPS) is 13.4. The van der Waals surface area contributed by atoms with Crippen LogP contribution in [0.5, 0.6) is 11.8 Å². The highest BCUT2D eigenvalue weighted by atomic mass is 19.4. The largest absolute Gasteiger partial charge is 0.471 e. The molecule has 1 fully saturated rings. The second-order valence-corrected chi connectivity index (χ2v) is 6.81. The second-order valence-electron chi connectivity index (χ2n) is 6.81. The van der Waals surface area contributed by atoms with Gasteiger partial charge in [0, 0.05) is 18.0 Å². The number of pyridine rings is 2. The number of aromatic nitrogens is 2. The fourth-order valence-electron chi connectivity index (χ4n) is 2.32. The van der Waals surface area contributed by atoms with Gasteiger partial charge in [-0.2, -0.15) is 18.2 Å². The Morgan fingerprint density at radius 2 is 1.91 bits per heavy atom. The van der Waals surface area contributed by atoms with Crippen LogP contribution >= 0.6 is 0 Å². The molecule has 0 saturated carbocycles. The van der Waals surface area contributed by atoms with E-state index < -0.39 is 49.5 Å². The Labute approximate surface area is 185 Å². The summed E-state index contributed by atoms with van der Waals surface area (Å²) in [5, 5.41) is 5.11. The van der Waals surface area contributed by atoms with Crippen molar-refractivity contribution in [3.63, 3.8) is 0 Å². The lowest BCUT2D eigenvalue weighted by Crippen LogP contribution is -2.28. The van der Waals surface area contributed by atoms with Gasteiger partial charge in [0.1, 0.15) is 5.56 Å². The number of hydrogen-bond acceptors (Lipinski definition) is 6. The van der Waals surface area contributed by atoms with Gasteiger partial charge in [-0.3, -0.25) is 14.6 Å². The summed E-state index contributed by atoms with van der Waals surface area (Å²) in [6, 6.07) is 5.11. The third-order valence-corrected chi connectivity index (χ3v) is 3.90. The Bertz CT molecular complexity index is 966. The molecular formula is C20H21F5N4O4. The van der Waals surface area contributed by atoms with E-state index in [0.717, 1.165) is 23.4 Å². The highest BCUT2D eigenvalue weighted by Gasteiger charge is 2.29. The molecule has 3 heterocycles. The van der Waals surface area contributed by atoms with Gasteiger partial charge in [-0.05, 0) is 37.6 Å². The van der Waals surface area contributed by atoms with Crippen LogP contribution in [-0.2, 0) is 4.79 Å². The van der Waals surface area contributed by atoms with Gasteiger partial charge < -0.3 is 20.1 Å². The molecule has 1 unspecified atom stereocenters. The minimum absolute atomic E-state index is 0.167. The van der Waals surface area contributed by atoms with E-state index in [4.69, 9.17) is 4.74 Å². The topological polar surface area (TPSA) is 112 Å². The molecule has 0 spiro atoms. The molecule has 1 aliphatic heterocycles. The second kappa shape index (κ2) is 11.4. The Kier molecular flexibility index (Phi) is 8.88. The fraction of sp³-hybridized carbons (Fsp3) is 0.400. The zero-order valence-corrected chi connectivity index (χ0v) is 17.6. The minimum Gasteiger partial charge on any atom is -0.471 e. The molecule has 2 amide bonds. The van der Waals surface area contributed by atoms with Crippen molar-refractivity contribution in [2.75, 3.05) is 19.8 Å². The monoisotopic (exact) mass is 476 g/mol. The van der Waals surface area contributed by atoms with Gasteiger partial charge in [0.05, 0.1) is 12.6 Å². The van der Waals surface area contributed by atoms with Crippen LogP contribution in [0.2, 0.25) is 0 Å². The van der Waals surface area contributed by atoms with Crippen molar-refractivity contribution in [2.24, 2.45) is 0 Å². The van der Waals surface area contributed by atoms with E-state index in [2.05, 4.69) is 25.3 Å². The third-order valence-electron chi connectivity index (χ3n) is 3.90. The zero-order chi connectivity index (χ0) is 24.6. The van der Waals surface area contributed by atoms with Gasteiger partial charge in [0.2, 0.25) is 17.7 Å². The Morgan fingerprint density at radius 3 is 2.45 bits per heavy atom. The summed E-state index contributed by atoms with van der Waals surface area (Å²) >= 11 is 0. The summed E-state index contributed by atoms with van der Waals surface area (Å²) < 4.78 is 71.1. The predicted molar refractivity (Wildman–Crippen MR) is 105 cm³/mol. The Balaban J connectivity index is 0.000000866. The van der Waals surface area contributed by atoms with Crippen molar-refractivity contribution in [3.8, 4) is 11.8 Å². The molecule has 2 N–H and O–H groups in total. The number of halogens is 5. The molecular weight excluding hydrogens is 455 g/mol. The highest BCUT2D eigenvalue weighted by Crippen LogP contribution is 2.24. The summed E-state index contributed by atoms with van der Waals surface area (Å²) in [5.74, 6) is -1.60. The maximum atomic E-state index is 12.6. The smallest absolute Gasteiger partial charge is 0.422 e. The number of amides is 2. The molecule has 0 bridgehead atoms. The molecule has 13 heteroatoms. The molecule has 33 heavy (non-hydrogen) atoms. The third kappa shape index (κ3) is 9.66. The van der Waals surface area contributed by atoms with Crippen molar-refractivity contribution >= 4 is 11.8 Å². The number of nitrogens with zero attached hydrogens (tertiary/aromatic N) is 2. The molecule has 180 valence electrons. The van der Waals surface area contributed by atoms with Crippen LogP contribution in [0.1, 0.15) is 34.6 Å². The first-order chi connectivity index (χ1) is 15.4. The van der Waals surface area contributed by atoms with E-state index in [1.54, 1.807) is 32.2 Å². The quantitative estimate of drug-likeness (QED) is 0.448. The average molecular weight is 476 g/mol. The SMILES string of the molecule is Cc1cc(C(C)NC(=O)c2ccc(OCC(F)(F)F)nc2OCC(F)F)ccn1.O=C1CN1. The predicted octanol–water partition coefficient (Wildman–Crippen LogP) is 2.98. The molecule has 3 rings (SSSR count). The van der Waals surface area contributed by atoms with Crippen molar-refractivity contribution in [3.05, 3.63) is 47.3 Å². The minimum atomic E-state index is -4.61. The maximum Gasteiger partial charge on any atom is 0.422 e. The van der Waals surface area contributed by atoms with E-state index in [9.17, 15) is 31.5 Å². The molecule has 0 aromatic carbocycles. The number of aryl methyl sites for hydroxylation is 1. The van der Waals surface area contributed by atoms with E-state index in [1.165, 1.54) is 0 Å². The van der Waals surface area contributed by atoms with Gasteiger partial charge in [0.15, 0.2) is 13.2 Å². The lowest BCUT2D eigenvalue weighted by molar-refractivity contribution is -0.154. The summed E-state index contributed by atoms with van der Waals surface area (Å²) in [7, 11) is 0. The first-order valence-electron chi connectivity index (χ1n) is 9.56. The van der Waals surface area contributed by atoms with Gasteiger partial charge in [-0.25, -0.2) is 8.78 Å². The molecule has 1 saturated heterocycles. The molecule has 1 atom stereocenters. The molecule has 0 aliphatic carbocycles. The van der Waals surface area contributed by atoms with Crippen LogP contribution in [0, 0.1) is 6.92 Å². The van der Waals surface area contributed by atoms with Crippen molar-refractivity contribution in [1.29, 1.82) is 0 Å². The van der Waals surface area contributed by atoms with Crippen molar-refractivity contribution in [1.82, 2.24) is 20.6 Å². The number of carbonyl (C=O) groups is 2. The molecule has 2 aromatic rings. The number of hydrogen-bond donors (Lipinski definition) is 2. The summed E-state index contributed by atoms with van der Waals surface area (Å²) in [4.78, 5) is 29.7. The van der Waals surface area contributed by atoms with Crippen molar-refractivity contribution < 1.29 is 41.0 Å². The summed E-state index contributed by atoms with van der Waals surface area (Å²) in [5.41, 5.74) is 1.26. The van der Waals surface area contributed by atoms with Gasteiger partial charge in [-0.15, -0.1) is 0 Å². The van der Waals surface area contributed by atoms with E-state index in [1.807, 2.05) is 0 Å². The summed E-state index contributed by atoms with van der Waals surface area (Å²) in [6.45, 7) is 1.35. The fourth-order valence-corrected chi connectivity index (χ4v) is 2.32. The van der Waals surface area contributed by atoms with Gasteiger partial charge in [-0.1, -0.05) is 0 Å². The van der Waals surface area contributed by atoms with Crippen LogP contribution in [0.25, 0.3) is 0 Å². The zero-order valence-electron chi connectivity index (χ0n) is 17.6. The lowest BCUT2D eigenvalue weighted by atomic mass is 10.1. The molecule has 1 aliphatic rings. The molecule has 0 radical (unpaired) electrons. The lowest BCUT2D eigenvalue weighted by Gasteiger charge is -2.17. The summed E-state index contributed by atoms with van der Waals surface area (Å²) in [6.07, 6.45) is -5.91. The number of ether oxygens (including phenoxy) is 2. The number of nitrogens with one attached hydrogen (secondary N) is 2. The Hall–Kier alpha value is -3.51. The number of carbonyl (C=O) groups excluding carboxylic acids is 2. The van der Waals surface area contributed by atoms with Crippen LogP contribution in [0.3, 0.4) is 0 Å². The number of alkyl halides is 5. The van der Waals surface area contributed by atoms with E-state index in [-0.39, 0.29) is 11.5 Å². The first kappa shape index (κ1) is 25.7. The van der Waals surface area contributed by atoms with Crippen LogP contribution in [0.4, 0.5) is 22.0 Å². The Morgan fingerprint density at radius 1 is 1.24 bits per heavy atom. The first-order valence-corrected chi connectivity index (χ1v) is 9.56. The number of rotatable bonds is 8. The van der Waals surface area contributed by atoms with E-state index >= 15 is 0 Å². The van der Waals surface area contributed by atoms with Crippen LogP contribution in [-0.4, -0.2) is 54.1 Å². The molecule has 2 aromatic heterocycles. The molecule has 8 nitrogen and oxygen atoms in total.